The van der Waals surface area contributed by atoms with Crippen LogP contribution >= 0.6 is 11.6 Å². The van der Waals surface area contributed by atoms with E-state index in [1.54, 1.807) is 18.3 Å². The van der Waals surface area contributed by atoms with Crippen LogP contribution < -0.4 is 11.1 Å². The average molecular weight is 252 g/mol. The van der Waals surface area contributed by atoms with Crippen molar-refractivity contribution in [2.45, 2.75) is 6.92 Å². The van der Waals surface area contributed by atoms with Crippen molar-refractivity contribution in [3.05, 3.63) is 46.9 Å². The van der Waals surface area contributed by atoms with E-state index >= 15 is 0 Å². The molecule has 3 nitrogen and oxygen atoms in total. The summed E-state index contributed by atoms with van der Waals surface area (Å²) in [5.74, 6) is 0.0814. The largest absolute Gasteiger partial charge is 0.396 e. The van der Waals surface area contributed by atoms with E-state index in [4.69, 9.17) is 17.3 Å². The van der Waals surface area contributed by atoms with Crippen molar-refractivity contribution in [1.82, 2.24) is 4.98 Å². The summed E-state index contributed by atoms with van der Waals surface area (Å²) in [5.41, 5.74) is 7.81. The van der Waals surface area contributed by atoms with Gasteiger partial charge in [0.15, 0.2) is 5.82 Å². The Morgan fingerprint density at radius 2 is 2.12 bits per heavy atom. The summed E-state index contributed by atoms with van der Waals surface area (Å²) < 4.78 is 13.1. The maximum Gasteiger partial charge on any atom is 0.153 e. The molecule has 17 heavy (non-hydrogen) atoms. The zero-order valence-electron chi connectivity index (χ0n) is 9.17. The second-order valence-corrected chi connectivity index (χ2v) is 4.11. The number of pyridine rings is 1. The Balaban J connectivity index is 2.34. The molecule has 0 aliphatic carbocycles. The smallest absolute Gasteiger partial charge is 0.153 e. The average Bonchev–Trinajstić information content (AvgIpc) is 2.23. The summed E-state index contributed by atoms with van der Waals surface area (Å²) in [7, 11) is 0. The topological polar surface area (TPSA) is 50.9 Å². The molecule has 0 saturated heterocycles. The lowest BCUT2D eigenvalue weighted by Gasteiger charge is -2.10. The molecule has 0 spiro atoms. The molecule has 2 aromatic rings. The molecule has 0 fully saturated rings. The van der Waals surface area contributed by atoms with Crippen LogP contribution in [0.5, 0.6) is 0 Å². The lowest BCUT2D eigenvalue weighted by molar-refractivity contribution is 0.628. The summed E-state index contributed by atoms with van der Waals surface area (Å²) >= 11 is 5.76. The van der Waals surface area contributed by atoms with Crippen LogP contribution in [-0.4, -0.2) is 4.98 Å². The first kappa shape index (κ1) is 11.7. The van der Waals surface area contributed by atoms with Gasteiger partial charge in [-0.25, -0.2) is 9.37 Å². The van der Waals surface area contributed by atoms with Gasteiger partial charge in [0.05, 0.1) is 5.69 Å². The van der Waals surface area contributed by atoms with Crippen LogP contribution in [0.15, 0.2) is 30.5 Å². The number of hydrogen-bond donors (Lipinski definition) is 2. The van der Waals surface area contributed by atoms with Crippen molar-refractivity contribution in [2.24, 2.45) is 0 Å². The van der Waals surface area contributed by atoms with Gasteiger partial charge in [0.25, 0.3) is 0 Å². The monoisotopic (exact) mass is 251 g/mol. The predicted molar refractivity (Wildman–Crippen MR) is 68.1 cm³/mol. The van der Waals surface area contributed by atoms with Gasteiger partial charge >= 0.3 is 0 Å². The van der Waals surface area contributed by atoms with E-state index in [1.165, 1.54) is 12.1 Å². The van der Waals surface area contributed by atoms with Gasteiger partial charge in [0.2, 0.25) is 0 Å². The number of anilines is 3. The van der Waals surface area contributed by atoms with Gasteiger partial charge in [-0.15, -0.1) is 0 Å². The minimum atomic E-state index is -0.411. The zero-order valence-corrected chi connectivity index (χ0v) is 9.92. The summed E-state index contributed by atoms with van der Waals surface area (Å²) in [6.45, 7) is 1.88. The Kier molecular flexibility index (Phi) is 3.15. The molecular formula is C12H11ClFN3. The standard InChI is InChI=1S/C12H11ClFN3/c1-7-2-3-16-12(11(7)15)17-10-5-8(13)4-9(14)6-10/h2-6H,15H2,1H3,(H,16,17). The van der Waals surface area contributed by atoms with E-state index < -0.39 is 5.82 Å². The highest BCUT2D eigenvalue weighted by Gasteiger charge is 2.05. The molecule has 3 N–H and O–H groups in total. The highest BCUT2D eigenvalue weighted by Crippen LogP contribution is 2.25. The summed E-state index contributed by atoms with van der Waals surface area (Å²) in [4.78, 5) is 4.09. The molecule has 0 aliphatic rings. The maximum absolute atomic E-state index is 13.1. The maximum atomic E-state index is 13.1. The minimum Gasteiger partial charge on any atom is -0.396 e. The van der Waals surface area contributed by atoms with Crippen LogP contribution in [0.3, 0.4) is 0 Å². The van der Waals surface area contributed by atoms with E-state index in [1.807, 2.05) is 6.92 Å². The van der Waals surface area contributed by atoms with E-state index in [9.17, 15) is 4.39 Å². The number of halogens is 2. The van der Waals surface area contributed by atoms with E-state index in [0.717, 1.165) is 5.56 Å². The van der Waals surface area contributed by atoms with Crippen molar-refractivity contribution in [3.63, 3.8) is 0 Å². The first-order valence-electron chi connectivity index (χ1n) is 5.00. The Morgan fingerprint density at radius 3 is 2.82 bits per heavy atom. The van der Waals surface area contributed by atoms with Crippen LogP contribution in [0.2, 0.25) is 5.02 Å². The van der Waals surface area contributed by atoms with Crippen LogP contribution in [0.4, 0.5) is 21.6 Å². The lowest BCUT2D eigenvalue weighted by Crippen LogP contribution is -2.01. The lowest BCUT2D eigenvalue weighted by atomic mass is 10.2. The first-order valence-corrected chi connectivity index (χ1v) is 5.38. The third-order valence-electron chi connectivity index (χ3n) is 2.33. The summed E-state index contributed by atoms with van der Waals surface area (Å²) in [5, 5.41) is 3.25. The second-order valence-electron chi connectivity index (χ2n) is 3.67. The fourth-order valence-electron chi connectivity index (χ4n) is 1.43. The third kappa shape index (κ3) is 2.65. The van der Waals surface area contributed by atoms with Crippen molar-refractivity contribution >= 4 is 28.8 Å². The van der Waals surface area contributed by atoms with Crippen LogP contribution in [-0.2, 0) is 0 Å². The van der Waals surface area contributed by atoms with E-state index in [0.29, 0.717) is 22.2 Å². The minimum absolute atomic E-state index is 0.318. The van der Waals surface area contributed by atoms with Crippen LogP contribution in [0.1, 0.15) is 5.56 Å². The molecule has 0 radical (unpaired) electrons. The molecule has 88 valence electrons. The molecule has 0 aliphatic heterocycles. The molecule has 1 aromatic heterocycles. The van der Waals surface area contributed by atoms with Crippen molar-refractivity contribution in [2.75, 3.05) is 11.1 Å². The Hall–Kier alpha value is -1.81. The van der Waals surface area contributed by atoms with Crippen LogP contribution in [0, 0.1) is 12.7 Å². The third-order valence-corrected chi connectivity index (χ3v) is 2.55. The first-order chi connectivity index (χ1) is 8.06. The molecule has 2 rings (SSSR count). The van der Waals surface area contributed by atoms with Crippen molar-refractivity contribution in [1.29, 1.82) is 0 Å². The van der Waals surface area contributed by atoms with Crippen molar-refractivity contribution < 1.29 is 4.39 Å². The molecular weight excluding hydrogens is 241 g/mol. The number of aryl methyl sites for hydroxylation is 1. The summed E-state index contributed by atoms with van der Waals surface area (Å²) in [6, 6.07) is 5.97. The number of rotatable bonds is 2. The molecule has 1 heterocycles. The zero-order chi connectivity index (χ0) is 12.4. The van der Waals surface area contributed by atoms with Gasteiger partial charge < -0.3 is 11.1 Å². The van der Waals surface area contributed by atoms with E-state index in [2.05, 4.69) is 10.3 Å². The number of aromatic nitrogens is 1. The Morgan fingerprint density at radius 1 is 1.35 bits per heavy atom. The Labute approximate surface area is 103 Å². The molecule has 1 aromatic carbocycles. The number of hydrogen-bond acceptors (Lipinski definition) is 3. The normalized spacial score (nSPS) is 10.3. The molecule has 0 atom stereocenters. The highest BCUT2D eigenvalue weighted by molar-refractivity contribution is 6.30. The SMILES string of the molecule is Cc1ccnc(Nc2cc(F)cc(Cl)c2)c1N. The number of nitrogens with zero attached hydrogens (tertiary/aromatic N) is 1. The fraction of sp³-hybridized carbons (Fsp3) is 0.0833. The number of nitrogens with one attached hydrogen (secondary N) is 1. The highest BCUT2D eigenvalue weighted by atomic mass is 35.5. The molecule has 5 heteroatoms. The van der Waals surface area contributed by atoms with Gasteiger partial charge in [-0.1, -0.05) is 11.6 Å². The van der Waals surface area contributed by atoms with Crippen molar-refractivity contribution in [3.8, 4) is 0 Å². The van der Waals surface area contributed by atoms with Gasteiger partial charge in [-0.05, 0) is 36.8 Å². The quantitative estimate of drug-likeness (QED) is 0.859. The van der Waals surface area contributed by atoms with Gasteiger partial charge in [-0.3, -0.25) is 0 Å². The number of nitrogen functional groups attached to an aromatic ring is 1. The predicted octanol–water partition coefficient (Wildman–Crippen LogP) is 3.51. The van der Waals surface area contributed by atoms with Gasteiger partial charge in [0.1, 0.15) is 5.82 Å². The fourth-order valence-corrected chi connectivity index (χ4v) is 1.65. The molecule has 0 saturated carbocycles. The molecule has 0 unspecified atom stereocenters. The second kappa shape index (κ2) is 4.59. The molecule has 0 bridgehead atoms. The number of benzene rings is 1. The summed E-state index contributed by atoms with van der Waals surface area (Å²) in [6.07, 6.45) is 1.63. The number of nitrogens with two attached hydrogens (primary N) is 1. The van der Waals surface area contributed by atoms with Crippen LogP contribution in [0.25, 0.3) is 0 Å². The van der Waals surface area contributed by atoms with E-state index in [-0.39, 0.29) is 0 Å². The Bertz CT molecular complexity index is 537. The van der Waals surface area contributed by atoms with Gasteiger partial charge in [-0.2, -0.15) is 0 Å². The van der Waals surface area contributed by atoms with Gasteiger partial charge in [0, 0.05) is 16.9 Å². The molecule has 0 amide bonds.